The molecule has 2 heterocycles. The molecule has 0 bridgehead atoms. The Morgan fingerprint density at radius 3 is 2.75 bits per heavy atom. The zero-order valence-electron chi connectivity index (χ0n) is 9.45. The van der Waals surface area contributed by atoms with Crippen LogP contribution in [0.2, 0.25) is 0 Å². The third kappa shape index (κ3) is 1.31. The highest BCUT2D eigenvalue weighted by Gasteiger charge is 2.26. The van der Waals surface area contributed by atoms with Crippen LogP contribution in [-0.4, -0.2) is 26.2 Å². The zero-order chi connectivity index (χ0) is 11.1. The topological polar surface area (TPSA) is 29.5 Å². The Hall–Kier alpha value is -1.51. The molecule has 0 radical (unpaired) electrons. The maximum atomic E-state index is 11.5. The lowest BCUT2D eigenvalue weighted by Crippen LogP contribution is -2.26. The van der Waals surface area contributed by atoms with Crippen LogP contribution in [0.5, 0.6) is 0 Å². The van der Waals surface area contributed by atoms with E-state index in [4.69, 9.17) is 4.74 Å². The number of hydrogen-bond donors (Lipinski definition) is 0. The van der Waals surface area contributed by atoms with E-state index in [9.17, 15) is 4.79 Å². The third-order valence-corrected chi connectivity index (χ3v) is 3.53. The molecule has 0 fully saturated rings. The van der Waals surface area contributed by atoms with Gasteiger partial charge in [0, 0.05) is 18.8 Å². The zero-order valence-corrected chi connectivity index (χ0v) is 9.45. The number of carbonyl (C=O) groups is 1. The maximum absolute atomic E-state index is 11.5. The highest BCUT2D eigenvalue weighted by molar-refractivity contribution is 5.91. The normalized spacial score (nSPS) is 17.2. The number of hydrogen-bond acceptors (Lipinski definition) is 3. The van der Waals surface area contributed by atoms with Crippen molar-refractivity contribution in [1.82, 2.24) is 0 Å². The van der Waals surface area contributed by atoms with Crippen molar-refractivity contribution in [2.24, 2.45) is 0 Å². The number of methoxy groups -OCH3 is 1. The molecule has 3 heteroatoms. The molecule has 0 saturated heterocycles. The highest BCUT2D eigenvalue weighted by atomic mass is 16.5. The lowest BCUT2D eigenvalue weighted by atomic mass is 9.97. The van der Waals surface area contributed by atoms with Crippen LogP contribution in [0.3, 0.4) is 0 Å². The van der Waals surface area contributed by atoms with Gasteiger partial charge < -0.3 is 9.64 Å². The van der Waals surface area contributed by atoms with Crippen molar-refractivity contribution in [2.45, 2.75) is 19.3 Å². The molecule has 1 aromatic carbocycles. The van der Waals surface area contributed by atoms with Crippen LogP contribution in [0.15, 0.2) is 12.1 Å². The number of esters is 1. The molecule has 3 rings (SSSR count). The van der Waals surface area contributed by atoms with Gasteiger partial charge in [-0.1, -0.05) is 0 Å². The fourth-order valence-electron chi connectivity index (χ4n) is 2.83. The van der Waals surface area contributed by atoms with E-state index in [1.807, 2.05) is 12.1 Å². The minimum absolute atomic E-state index is 0.219. The standard InChI is InChI=1S/C13H15NO2/c1-16-13(15)11-7-9-3-2-5-14-6-4-10(8-11)12(9)14/h7-8H,2-6H2,1H3. The predicted octanol–water partition coefficient (Wildman–Crippen LogP) is 1.78. The van der Waals surface area contributed by atoms with Crippen LogP contribution in [0.4, 0.5) is 5.69 Å². The van der Waals surface area contributed by atoms with E-state index in [1.165, 1.54) is 30.3 Å². The summed E-state index contributed by atoms with van der Waals surface area (Å²) in [5, 5.41) is 0. The van der Waals surface area contributed by atoms with Crippen molar-refractivity contribution in [2.75, 3.05) is 25.1 Å². The Bertz CT molecular complexity index is 453. The van der Waals surface area contributed by atoms with Crippen LogP contribution < -0.4 is 4.90 Å². The fraction of sp³-hybridized carbons (Fsp3) is 0.462. The molecule has 2 aliphatic rings. The van der Waals surface area contributed by atoms with Crippen molar-refractivity contribution in [3.63, 3.8) is 0 Å². The first-order valence-corrected chi connectivity index (χ1v) is 5.78. The second kappa shape index (κ2) is 3.51. The van der Waals surface area contributed by atoms with E-state index in [0.717, 1.165) is 25.9 Å². The smallest absolute Gasteiger partial charge is 0.337 e. The molecule has 2 aliphatic heterocycles. The van der Waals surface area contributed by atoms with Gasteiger partial charge in [0.25, 0.3) is 0 Å². The van der Waals surface area contributed by atoms with Gasteiger partial charge in [0.2, 0.25) is 0 Å². The lowest BCUT2D eigenvalue weighted by Gasteiger charge is -2.27. The van der Waals surface area contributed by atoms with Gasteiger partial charge in [-0.2, -0.15) is 0 Å². The molecule has 1 aromatic rings. The van der Waals surface area contributed by atoms with E-state index in [0.29, 0.717) is 5.56 Å². The van der Waals surface area contributed by atoms with E-state index >= 15 is 0 Å². The summed E-state index contributed by atoms with van der Waals surface area (Å²) in [5.74, 6) is -0.219. The summed E-state index contributed by atoms with van der Waals surface area (Å²) in [6, 6.07) is 4.00. The Labute approximate surface area is 95.0 Å². The average Bonchev–Trinajstić information content (AvgIpc) is 2.73. The molecule has 0 saturated carbocycles. The van der Waals surface area contributed by atoms with Gasteiger partial charge in [-0.3, -0.25) is 0 Å². The Morgan fingerprint density at radius 2 is 2.00 bits per heavy atom. The average molecular weight is 217 g/mol. The van der Waals surface area contributed by atoms with Crippen molar-refractivity contribution in [3.05, 3.63) is 28.8 Å². The number of aryl methyl sites for hydroxylation is 1. The molecule has 16 heavy (non-hydrogen) atoms. The highest BCUT2D eigenvalue weighted by Crippen LogP contribution is 2.36. The number of ether oxygens (including phenoxy) is 1. The summed E-state index contributed by atoms with van der Waals surface area (Å²) in [5.41, 5.74) is 4.73. The van der Waals surface area contributed by atoms with Gasteiger partial charge in [0.1, 0.15) is 0 Å². The molecule has 0 aromatic heterocycles. The van der Waals surface area contributed by atoms with Gasteiger partial charge in [-0.15, -0.1) is 0 Å². The van der Waals surface area contributed by atoms with Crippen LogP contribution in [0.25, 0.3) is 0 Å². The Morgan fingerprint density at radius 1 is 1.25 bits per heavy atom. The summed E-state index contributed by atoms with van der Waals surface area (Å²) in [6.07, 6.45) is 3.34. The monoisotopic (exact) mass is 217 g/mol. The largest absolute Gasteiger partial charge is 0.465 e. The van der Waals surface area contributed by atoms with Gasteiger partial charge in [0.05, 0.1) is 12.7 Å². The minimum atomic E-state index is -0.219. The number of benzene rings is 1. The number of nitrogens with zero attached hydrogens (tertiary/aromatic N) is 1. The lowest BCUT2D eigenvalue weighted by molar-refractivity contribution is 0.0600. The number of rotatable bonds is 1. The second-order valence-electron chi connectivity index (χ2n) is 4.48. The van der Waals surface area contributed by atoms with Crippen molar-refractivity contribution < 1.29 is 9.53 Å². The van der Waals surface area contributed by atoms with Gasteiger partial charge >= 0.3 is 5.97 Å². The summed E-state index contributed by atoms with van der Waals surface area (Å²) in [4.78, 5) is 14.0. The van der Waals surface area contributed by atoms with Crippen molar-refractivity contribution >= 4 is 11.7 Å². The van der Waals surface area contributed by atoms with Crippen LogP contribution in [0.1, 0.15) is 27.9 Å². The van der Waals surface area contributed by atoms with Crippen LogP contribution in [-0.2, 0) is 17.6 Å². The number of anilines is 1. The molecule has 0 N–H and O–H groups in total. The van der Waals surface area contributed by atoms with Crippen molar-refractivity contribution in [3.8, 4) is 0 Å². The van der Waals surface area contributed by atoms with Gasteiger partial charge in [0.15, 0.2) is 0 Å². The van der Waals surface area contributed by atoms with Crippen LogP contribution >= 0.6 is 0 Å². The second-order valence-corrected chi connectivity index (χ2v) is 4.48. The predicted molar refractivity (Wildman–Crippen MR) is 62.0 cm³/mol. The summed E-state index contributed by atoms with van der Waals surface area (Å²) < 4.78 is 4.79. The van der Waals surface area contributed by atoms with E-state index < -0.39 is 0 Å². The molecule has 0 unspecified atom stereocenters. The van der Waals surface area contributed by atoms with Crippen LogP contribution in [0, 0.1) is 0 Å². The quantitative estimate of drug-likeness (QED) is 0.672. The molecule has 0 amide bonds. The molecule has 0 spiro atoms. The van der Waals surface area contributed by atoms with E-state index in [-0.39, 0.29) is 5.97 Å². The van der Waals surface area contributed by atoms with Gasteiger partial charge in [-0.05, 0) is 42.5 Å². The summed E-state index contributed by atoms with van der Waals surface area (Å²) in [6.45, 7) is 2.27. The van der Waals surface area contributed by atoms with E-state index in [1.54, 1.807) is 0 Å². The first-order chi connectivity index (χ1) is 7.79. The third-order valence-electron chi connectivity index (χ3n) is 3.53. The first-order valence-electron chi connectivity index (χ1n) is 5.78. The van der Waals surface area contributed by atoms with Gasteiger partial charge in [-0.25, -0.2) is 4.79 Å². The number of carbonyl (C=O) groups excluding carboxylic acids is 1. The minimum Gasteiger partial charge on any atom is -0.465 e. The van der Waals surface area contributed by atoms with Crippen molar-refractivity contribution in [1.29, 1.82) is 0 Å². The van der Waals surface area contributed by atoms with E-state index in [2.05, 4.69) is 4.90 Å². The maximum Gasteiger partial charge on any atom is 0.337 e. The Kier molecular flexibility index (Phi) is 2.13. The molecular weight excluding hydrogens is 202 g/mol. The molecular formula is C13H15NO2. The summed E-state index contributed by atoms with van der Waals surface area (Å²) >= 11 is 0. The molecule has 84 valence electrons. The SMILES string of the molecule is COC(=O)c1cc2c3c(c1)CCN3CCC2. The molecule has 0 atom stereocenters. The summed E-state index contributed by atoms with van der Waals surface area (Å²) in [7, 11) is 1.44. The Balaban J connectivity index is 2.11. The first kappa shape index (κ1) is 9.70. The molecule has 0 aliphatic carbocycles. The fourth-order valence-corrected chi connectivity index (χ4v) is 2.83. The molecule has 3 nitrogen and oxygen atoms in total.